The fourth-order valence-electron chi connectivity index (χ4n) is 3.02. The third-order valence-corrected chi connectivity index (χ3v) is 4.30. The largest absolute Gasteiger partial charge is 0.374 e. The first-order valence-electron chi connectivity index (χ1n) is 6.65. The zero-order chi connectivity index (χ0) is 14.3. The Labute approximate surface area is 120 Å². The molecule has 20 heavy (non-hydrogen) atoms. The first-order valence-corrected chi connectivity index (χ1v) is 7.03. The summed E-state index contributed by atoms with van der Waals surface area (Å²) in [5.74, 6) is -2.46. The molecule has 1 aromatic carbocycles. The van der Waals surface area contributed by atoms with Crippen molar-refractivity contribution in [3.05, 3.63) is 34.4 Å². The quantitative estimate of drug-likeness (QED) is 0.746. The number of rotatable bonds is 1. The Bertz CT molecular complexity index is 552. The van der Waals surface area contributed by atoms with Gasteiger partial charge in [0.05, 0.1) is 29.3 Å². The van der Waals surface area contributed by atoms with Crippen molar-refractivity contribution in [1.29, 1.82) is 0 Å². The van der Waals surface area contributed by atoms with Crippen LogP contribution in [0.25, 0.3) is 0 Å². The first-order chi connectivity index (χ1) is 9.58. The highest BCUT2D eigenvalue weighted by atomic mass is 35.5. The standard InChI is InChI=1S/C14H14ClF2NO2/c15-9-7-11(17)10(16)6-8(9)14(19)18-4-5-20-13-3-1-2-12(13)18/h6-7,12-13H,1-5H2/t12-,13+/m1/s1. The van der Waals surface area contributed by atoms with Gasteiger partial charge in [-0.3, -0.25) is 4.79 Å². The number of morpholine rings is 1. The third kappa shape index (κ3) is 2.29. The lowest BCUT2D eigenvalue weighted by Crippen LogP contribution is -2.51. The maximum absolute atomic E-state index is 13.3. The van der Waals surface area contributed by atoms with E-state index in [0.717, 1.165) is 31.4 Å². The molecule has 3 nitrogen and oxygen atoms in total. The molecule has 0 spiro atoms. The van der Waals surface area contributed by atoms with Gasteiger partial charge in [-0.25, -0.2) is 8.78 Å². The Balaban J connectivity index is 1.90. The number of nitrogens with zero attached hydrogens (tertiary/aromatic N) is 1. The minimum atomic E-state index is -1.06. The molecule has 108 valence electrons. The monoisotopic (exact) mass is 301 g/mol. The minimum absolute atomic E-state index is 0.0121. The summed E-state index contributed by atoms with van der Waals surface area (Å²) in [6.07, 6.45) is 2.86. The molecule has 0 bridgehead atoms. The van der Waals surface area contributed by atoms with Crippen LogP contribution in [0.5, 0.6) is 0 Å². The Morgan fingerprint density at radius 3 is 2.85 bits per heavy atom. The van der Waals surface area contributed by atoms with Crippen molar-refractivity contribution in [3.8, 4) is 0 Å². The van der Waals surface area contributed by atoms with Gasteiger partial charge in [0.25, 0.3) is 5.91 Å². The van der Waals surface area contributed by atoms with Gasteiger partial charge in [0, 0.05) is 6.54 Å². The number of hydrogen-bond acceptors (Lipinski definition) is 2. The molecule has 1 aromatic rings. The van der Waals surface area contributed by atoms with Crippen molar-refractivity contribution in [1.82, 2.24) is 4.90 Å². The molecule has 0 aromatic heterocycles. The molecule has 1 amide bonds. The molecule has 2 aliphatic rings. The topological polar surface area (TPSA) is 29.5 Å². The maximum Gasteiger partial charge on any atom is 0.255 e. The molecule has 1 aliphatic carbocycles. The molecule has 3 rings (SSSR count). The summed E-state index contributed by atoms with van der Waals surface area (Å²) in [4.78, 5) is 14.2. The highest BCUT2D eigenvalue weighted by Crippen LogP contribution is 2.32. The summed E-state index contributed by atoms with van der Waals surface area (Å²) < 4.78 is 32.0. The van der Waals surface area contributed by atoms with Gasteiger partial charge in [-0.15, -0.1) is 0 Å². The summed E-state index contributed by atoms with van der Waals surface area (Å²) in [7, 11) is 0. The van der Waals surface area contributed by atoms with E-state index in [4.69, 9.17) is 16.3 Å². The van der Waals surface area contributed by atoms with Crippen LogP contribution in [-0.4, -0.2) is 36.1 Å². The van der Waals surface area contributed by atoms with Gasteiger partial charge >= 0.3 is 0 Å². The third-order valence-electron chi connectivity index (χ3n) is 3.98. The predicted molar refractivity (Wildman–Crippen MR) is 69.8 cm³/mol. The highest BCUT2D eigenvalue weighted by Gasteiger charge is 2.39. The zero-order valence-corrected chi connectivity index (χ0v) is 11.5. The zero-order valence-electron chi connectivity index (χ0n) is 10.7. The average Bonchev–Trinajstić information content (AvgIpc) is 2.90. The van der Waals surface area contributed by atoms with E-state index in [1.54, 1.807) is 4.90 Å². The summed E-state index contributed by atoms with van der Waals surface area (Å²) in [5.41, 5.74) is 0.0121. The van der Waals surface area contributed by atoms with Crippen LogP contribution in [0.3, 0.4) is 0 Å². The van der Waals surface area contributed by atoms with Crippen molar-refractivity contribution < 1.29 is 18.3 Å². The van der Waals surface area contributed by atoms with E-state index < -0.39 is 11.6 Å². The molecule has 2 atom stereocenters. The molecule has 0 N–H and O–H groups in total. The lowest BCUT2D eigenvalue weighted by molar-refractivity contribution is -0.0445. The van der Waals surface area contributed by atoms with Gasteiger partial charge < -0.3 is 9.64 Å². The molecule has 1 saturated heterocycles. The lowest BCUT2D eigenvalue weighted by Gasteiger charge is -2.37. The number of fused-ring (bicyclic) bond motifs is 1. The van der Waals surface area contributed by atoms with Gasteiger partial charge in [-0.05, 0) is 31.4 Å². The first kappa shape index (κ1) is 13.8. The van der Waals surface area contributed by atoms with Crippen LogP contribution in [0.1, 0.15) is 29.6 Å². The number of benzene rings is 1. The molecule has 2 fully saturated rings. The van der Waals surface area contributed by atoms with Crippen LogP contribution in [0.2, 0.25) is 5.02 Å². The number of halogens is 3. The summed E-state index contributed by atoms with van der Waals surface area (Å²) in [6, 6.07) is 1.73. The van der Waals surface area contributed by atoms with Crippen LogP contribution in [0.15, 0.2) is 12.1 Å². The smallest absolute Gasteiger partial charge is 0.255 e. The van der Waals surface area contributed by atoms with Crippen LogP contribution < -0.4 is 0 Å². The van der Waals surface area contributed by atoms with Crippen LogP contribution in [0.4, 0.5) is 8.78 Å². The number of carbonyl (C=O) groups excluding carboxylic acids is 1. The van der Waals surface area contributed by atoms with Gasteiger partial charge in [-0.2, -0.15) is 0 Å². The van der Waals surface area contributed by atoms with Crippen molar-refractivity contribution in [2.24, 2.45) is 0 Å². The lowest BCUT2D eigenvalue weighted by atomic mass is 10.1. The van der Waals surface area contributed by atoms with Crippen molar-refractivity contribution in [3.63, 3.8) is 0 Å². The van der Waals surface area contributed by atoms with E-state index in [-0.39, 0.29) is 28.6 Å². The summed E-state index contributed by atoms with van der Waals surface area (Å²) >= 11 is 5.87. The Hall–Kier alpha value is -1.20. The fourth-order valence-corrected chi connectivity index (χ4v) is 3.25. The van der Waals surface area contributed by atoms with Crippen LogP contribution in [0, 0.1) is 11.6 Å². The minimum Gasteiger partial charge on any atom is -0.374 e. The molecule has 1 saturated carbocycles. The van der Waals surface area contributed by atoms with E-state index in [1.807, 2.05) is 0 Å². The second-order valence-corrected chi connectivity index (χ2v) is 5.56. The van der Waals surface area contributed by atoms with E-state index in [2.05, 4.69) is 0 Å². The Morgan fingerprint density at radius 2 is 2.05 bits per heavy atom. The van der Waals surface area contributed by atoms with Crippen molar-refractivity contribution in [2.75, 3.05) is 13.2 Å². The second-order valence-electron chi connectivity index (χ2n) is 5.15. The molecule has 1 aliphatic heterocycles. The number of amides is 1. The number of ether oxygens (including phenoxy) is 1. The summed E-state index contributed by atoms with van der Waals surface area (Å²) in [5, 5.41) is -0.0602. The Kier molecular flexibility index (Phi) is 3.65. The second kappa shape index (κ2) is 5.30. The van der Waals surface area contributed by atoms with E-state index in [1.165, 1.54) is 0 Å². The molecule has 1 heterocycles. The van der Waals surface area contributed by atoms with E-state index in [0.29, 0.717) is 13.2 Å². The molecular weight excluding hydrogens is 288 g/mol. The molecule has 0 unspecified atom stereocenters. The predicted octanol–water partition coefficient (Wildman–Crippen LogP) is 3.01. The van der Waals surface area contributed by atoms with E-state index in [9.17, 15) is 13.6 Å². The SMILES string of the molecule is O=C(c1cc(F)c(F)cc1Cl)N1CCO[C@H]2CCC[C@H]21. The van der Waals surface area contributed by atoms with E-state index >= 15 is 0 Å². The normalized spacial score (nSPS) is 25.6. The van der Waals surface area contributed by atoms with Gasteiger partial charge in [0.15, 0.2) is 11.6 Å². The van der Waals surface area contributed by atoms with Crippen molar-refractivity contribution in [2.45, 2.75) is 31.4 Å². The Morgan fingerprint density at radius 1 is 1.30 bits per heavy atom. The molecule has 0 radical (unpaired) electrons. The van der Waals surface area contributed by atoms with Crippen LogP contribution >= 0.6 is 11.6 Å². The maximum atomic E-state index is 13.3. The molecule has 6 heteroatoms. The number of hydrogen-bond donors (Lipinski definition) is 0. The highest BCUT2D eigenvalue weighted by molar-refractivity contribution is 6.33. The number of carbonyl (C=O) groups is 1. The average molecular weight is 302 g/mol. The van der Waals surface area contributed by atoms with Crippen LogP contribution in [-0.2, 0) is 4.74 Å². The summed E-state index contributed by atoms with van der Waals surface area (Å²) in [6.45, 7) is 0.920. The fraction of sp³-hybridized carbons (Fsp3) is 0.500. The van der Waals surface area contributed by atoms with Gasteiger partial charge in [0.2, 0.25) is 0 Å². The van der Waals surface area contributed by atoms with Gasteiger partial charge in [0.1, 0.15) is 0 Å². The van der Waals surface area contributed by atoms with Gasteiger partial charge in [-0.1, -0.05) is 11.6 Å². The van der Waals surface area contributed by atoms with Crippen molar-refractivity contribution >= 4 is 17.5 Å². The molecular formula is C14H14ClF2NO2.